The number of hydrogen-bond acceptors (Lipinski definition) is 4. The molecule has 2 heterocycles. The summed E-state index contributed by atoms with van der Waals surface area (Å²) < 4.78 is 26.6. The first kappa shape index (κ1) is 18.0. The second-order valence-electron chi connectivity index (χ2n) is 5.03. The van der Waals surface area contributed by atoms with Crippen LogP contribution in [0.3, 0.4) is 0 Å². The number of rotatable bonds is 5. The van der Waals surface area contributed by atoms with Crippen LogP contribution < -0.4 is 0 Å². The van der Waals surface area contributed by atoms with Crippen molar-refractivity contribution in [2.45, 2.75) is 25.7 Å². The highest BCUT2D eigenvalue weighted by Gasteiger charge is 2.25. The molecule has 1 aromatic heterocycles. The summed E-state index contributed by atoms with van der Waals surface area (Å²) in [7, 11) is -3.58. The molecule has 0 fully saturated rings. The molecule has 0 saturated carbocycles. The van der Waals surface area contributed by atoms with Gasteiger partial charge in [0, 0.05) is 32.3 Å². The molecule has 0 aliphatic carbocycles. The maximum Gasteiger partial charge on any atom is 0.245 e. The van der Waals surface area contributed by atoms with E-state index in [1.807, 2.05) is 0 Å². The number of amidine groups is 1. The summed E-state index contributed by atoms with van der Waals surface area (Å²) in [5.41, 5.74) is 1.31. The molecular weight excluding hydrogens is 328 g/mol. The Kier molecular flexibility index (Phi) is 5.63. The number of pyridine rings is 1. The van der Waals surface area contributed by atoms with Crippen molar-refractivity contribution >= 4 is 33.6 Å². The average molecular weight is 347 g/mol. The zero-order valence-electron chi connectivity index (χ0n) is 13.8. The third kappa shape index (κ3) is 3.95. The number of dihydropyridines is 1. The van der Waals surface area contributed by atoms with Crippen molar-refractivity contribution in [1.82, 2.24) is 9.29 Å². The van der Waals surface area contributed by atoms with Gasteiger partial charge >= 0.3 is 0 Å². The Hall–Kier alpha value is -2.32. The Bertz CT molecular complexity index is 821. The number of hydrogen-bond donors (Lipinski definition) is 0. The van der Waals surface area contributed by atoms with E-state index in [-0.39, 0.29) is 16.6 Å². The van der Waals surface area contributed by atoms with Gasteiger partial charge in [0.2, 0.25) is 21.8 Å². The number of aromatic nitrogens is 1. The molecule has 0 bridgehead atoms. The van der Waals surface area contributed by atoms with E-state index in [1.54, 1.807) is 38.6 Å². The normalized spacial score (nSPS) is 16.2. The lowest BCUT2D eigenvalue weighted by Crippen LogP contribution is -2.30. The maximum atomic E-state index is 12.6. The van der Waals surface area contributed by atoms with Crippen LogP contribution in [0, 0.1) is 6.42 Å². The topological polar surface area (TPSA) is 92.1 Å². The van der Waals surface area contributed by atoms with Gasteiger partial charge in [-0.2, -0.15) is 9.30 Å². The quantitative estimate of drug-likeness (QED) is 0.758. The number of carbonyl (C=O) groups excluding carboxylic acids is 1. The smallest absolute Gasteiger partial charge is 0.245 e. The molecule has 126 valence electrons. The van der Waals surface area contributed by atoms with Crippen LogP contribution in [0.15, 0.2) is 39.4 Å². The SMILES string of the molecule is CCN(CC)S(=O)(=O)c1cncc(C2=CC(=NC(C)=O)N=C[CH+]2)c1. The molecule has 0 saturated heterocycles. The second-order valence-corrected chi connectivity index (χ2v) is 6.97. The number of carbonyl (C=O) groups is 1. The lowest BCUT2D eigenvalue weighted by Gasteiger charge is -2.17. The molecule has 8 heteroatoms. The molecule has 0 unspecified atom stereocenters. The first-order chi connectivity index (χ1) is 11.4. The first-order valence-corrected chi connectivity index (χ1v) is 8.96. The molecule has 7 nitrogen and oxygen atoms in total. The van der Waals surface area contributed by atoms with E-state index in [2.05, 4.69) is 15.0 Å². The Balaban J connectivity index is 2.41. The van der Waals surface area contributed by atoms with Gasteiger partial charge in [0.1, 0.15) is 16.0 Å². The van der Waals surface area contributed by atoms with Crippen LogP contribution in [0.5, 0.6) is 0 Å². The lowest BCUT2D eigenvalue weighted by atomic mass is 10.0. The Morgan fingerprint density at radius 2 is 2.00 bits per heavy atom. The summed E-state index contributed by atoms with van der Waals surface area (Å²) in [5, 5.41) is 0. The minimum absolute atomic E-state index is 0.130. The molecule has 0 spiro atoms. The van der Waals surface area contributed by atoms with Crippen molar-refractivity contribution in [3.63, 3.8) is 0 Å². The van der Waals surface area contributed by atoms with Crippen LogP contribution in [0.4, 0.5) is 0 Å². The van der Waals surface area contributed by atoms with Crippen molar-refractivity contribution in [2.24, 2.45) is 9.98 Å². The van der Waals surface area contributed by atoms with Crippen LogP contribution in [-0.2, 0) is 14.8 Å². The van der Waals surface area contributed by atoms with E-state index in [0.29, 0.717) is 24.2 Å². The molecule has 1 amide bonds. The first-order valence-electron chi connectivity index (χ1n) is 7.52. The van der Waals surface area contributed by atoms with Gasteiger partial charge in [0.05, 0.1) is 24.9 Å². The van der Waals surface area contributed by atoms with Gasteiger partial charge < -0.3 is 0 Å². The molecule has 1 aliphatic heterocycles. The van der Waals surface area contributed by atoms with Crippen molar-refractivity contribution in [3.05, 3.63) is 36.5 Å². The predicted octanol–water partition coefficient (Wildman–Crippen LogP) is 1.73. The molecule has 0 atom stereocenters. The molecule has 0 radical (unpaired) electrons. The van der Waals surface area contributed by atoms with Crippen molar-refractivity contribution < 1.29 is 13.2 Å². The van der Waals surface area contributed by atoms with Gasteiger partial charge in [-0.1, -0.05) is 13.8 Å². The summed E-state index contributed by atoms with van der Waals surface area (Å²) in [6.07, 6.45) is 7.74. The number of allylic oxidation sites excluding steroid dienone is 1. The maximum absolute atomic E-state index is 12.6. The minimum atomic E-state index is -3.58. The lowest BCUT2D eigenvalue weighted by molar-refractivity contribution is -0.115. The highest BCUT2D eigenvalue weighted by Crippen LogP contribution is 2.23. The van der Waals surface area contributed by atoms with Gasteiger partial charge in [0.15, 0.2) is 0 Å². The van der Waals surface area contributed by atoms with Crippen LogP contribution in [0.25, 0.3) is 5.57 Å². The minimum Gasteiger partial charge on any atom is -0.273 e. The molecule has 24 heavy (non-hydrogen) atoms. The van der Waals surface area contributed by atoms with Crippen LogP contribution in [-0.4, -0.2) is 48.8 Å². The summed E-state index contributed by atoms with van der Waals surface area (Å²) >= 11 is 0. The van der Waals surface area contributed by atoms with E-state index in [9.17, 15) is 13.2 Å². The van der Waals surface area contributed by atoms with Gasteiger partial charge in [-0.25, -0.2) is 18.4 Å². The molecule has 1 aromatic rings. The van der Waals surface area contributed by atoms with E-state index >= 15 is 0 Å². The molecule has 2 rings (SSSR count). The third-order valence-electron chi connectivity index (χ3n) is 3.41. The van der Waals surface area contributed by atoms with E-state index < -0.39 is 10.0 Å². The van der Waals surface area contributed by atoms with Gasteiger partial charge in [-0.15, -0.1) is 0 Å². The number of nitrogens with zero attached hydrogens (tertiary/aromatic N) is 4. The van der Waals surface area contributed by atoms with Gasteiger partial charge in [-0.3, -0.25) is 4.79 Å². The van der Waals surface area contributed by atoms with Crippen LogP contribution in [0.1, 0.15) is 26.3 Å². The molecular formula is C16H19N4O3S+. The Labute approximate surface area is 141 Å². The van der Waals surface area contributed by atoms with Crippen molar-refractivity contribution in [3.8, 4) is 0 Å². The van der Waals surface area contributed by atoms with Crippen LogP contribution in [0.2, 0.25) is 0 Å². The van der Waals surface area contributed by atoms with Crippen LogP contribution >= 0.6 is 0 Å². The zero-order chi connectivity index (χ0) is 17.7. The van der Waals surface area contributed by atoms with E-state index in [4.69, 9.17) is 0 Å². The summed E-state index contributed by atoms with van der Waals surface area (Å²) in [4.78, 5) is 23.0. The fourth-order valence-electron chi connectivity index (χ4n) is 2.25. The van der Waals surface area contributed by atoms with Crippen molar-refractivity contribution in [1.29, 1.82) is 0 Å². The molecule has 0 aromatic carbocycles. The van der Waals surface area contributed by atoms with Gasteiger partial charge in [0.25, 0.3) is 0 Å². The van der Waals surface area contributed by atoms with E-state index in [0.717, 1.165) is 0 Å². The van der Waals surface area contributed by atoms with Crippen molar-refractivity contribution in [2.75, 3.05) is 13.1 Å². The summed E-state index contributed by atoms with van der Waals surface area (Å²) in [6, 6.07) is 1.56. The van der Waals surface area contributed by atoms with Gasteiger partial charge in [-0.05, 0) is 0 Å². The third-order valence-corrected chi connectivity index (χ3v) is 5.42. The Morgan fingerprint density at radius 3 is 2.62 bits per heavy atom. The fourth-order valence-corrected chi connectivity index (χ4v) is 3.70. The fraction of sp³-hybridized carbons (Fsp3) is 0.312. The number of sulfonamides is 1. The standard InChI is InChI=1S/C16H19N4O3S/c1-4-20(5-2)24(22,23)15-8-14(10-17-11-15)13-6-7-18-16(9-13)19-12(3)21/h6-11H,4-5H2,1-3H3/q+1. The molecule has 1 aliphatic rings. The second kappa shape index (κ2) is 7.50. The monoisotopic (exact) mass is 347 g/mol. The number of amides is 1. The van der Waals surface area contributed by atoms with E-state index in [1.165, 1.54) is 23.6 Å². The molecule has 0 N–H and O–H groups in total. The highest BCUT2D eigenvalue weighted by molar-refractivity contribution is 7.89. The zero-order valence-corrected chi connectivity index (χ0v) is 14.6. The highest BCUT2D eigenvalue weighted by atomic mass is 32.2. The summed E-state index contributed by atoms with van der Waals surface area (Å²) in [6.45, 7) is 5.70. The average Bonchev–Trinajstić information content (AvgIpc) is 2.55. The summed E-state index contributed by atoms with van der Waals surface area (Å²) in [5.74, 6) is -0.0763. The Morgan fingerprint density at radius 1 is 1.29 bits per heavy atom. The largest absolute Gasteiger partial charge is 0.273 e. The predicted molar refractivity (Wildman–Crippen MR) is 93.2 cm³/mol. The number of aliphatic imine (C=N–C) groups is 2.